The summed E-state index contributed by atoms with van der Waals surface area (Å²) in [6, 6.07) is 9.83. The minimum Gasteiger partial charge on any atom is -0.383 e. The van der Waals surface area contributed by atoms with Gasteiger partial charge in [-0.2, -0.15) is 5.26 Å². The molecule has 2 aromatic rings. The average molecular weight is 304 g/mol. The van der Waals surface area contributed by atoms with Gasteiger partial charge in [0.1, 0.15) is 11.4 Å². The molecule has 0 radical (unpaired) electrons. The van der Waals surface area contributed by atoms with Crippen molar-refractivity contribution in [1.82, 2.24) is 5.32 Å². The summed E-state index contributed by atoms with van der Waals surface area (Å²) in [6.07, 6.45) is 0. The first-order valence-corrected chi connectivity index (χ1v) is 7.51. The Morgan fingerprint density at radius 3 is 2.81 bits per heavy atom. The molecule has 0 aliphatic rings. The zero-order chi connectivity index (χ0) is 15.5. The van der Waals surface area contributed by atoms with Gasteiger partial charge in [-0.05, 0) is 37.4 Å². The van der Waals surface area contributed by atoms with Crippen molar-refractivity contribution in [2.45, 2.75) is 25.5 Å². The van der Waals surface area contributed by atoms with E-state index in [0.29, 0.717) is 17.7 Å². The summed E-state index contributed by atoms with van der Waals surface area (Å²) in [5.74, 6) is -0.412. The topological polar surface area (TPSA) is 56.0 Å². The Balaban J connectivity index is 2.05. The predicted molar refractivity (Wildman–Crippen MR) is 81.4 cm³/mol. The van der Waals surface area contributed by atoms with Crippen LogP contribution in [0, 0.1) is 17.1 Å². The summed E-state index contributed by atoms with van der Waals surface area (Å²) in [6.45, 7) is 3.87. The third-order valence-corrected chi connectivity index (χ3v) is 4.52. The van der Waals surface area contributed by atoms with E-state index in [4.69, 9.17) is 5.26 Å². The van der Waals surface area contributed by atoms with E-state index in [1.165, 1.54) is 17.4 Å². The van der Waals surface area contributed by atoms with Crippen molar-refractivity contribution in [2.24, 2.45) is 0 Å². The van der Waals surface area contributed by atoms with E-state index in [1.54, 1.807) is 19.1 Å². The highest BCUT2D eigenvalue weighted by atomic mass is 32.1. The third kappa shape index (κ3) is 3.67. The van der Waals surface area contributed by atoms with Crippen LogP contribution in [0.5, 0.6) is 0 Å². The first kappa shape index (κ1) is 15.6. The van der Waals surface area contributed by atoms with Gasteiger partial charge in [-0.25, -0.2) is 4.39 Å². The smallest absolute Gasteiger partial charge is 0.129 e. The molecule has 1 aromatic carbocycles. The fraction of sp³-hybridized carbons (Fsp3) is 0.312. The molecule has 21 heavy (non-hydrogen) atoms. The molecule has 1 heterocycles. The third-order valence-electron chi connectivity index (χ3n) is 3.40. The normalized spacial score (nSPS) is 15.2. The number of nitriles is 1. The van der Waals surface area contributed by atoms with Crippen molar-refractivity contribution in [3.05, 3.63) is 57.5 Å². The van der Waals surface area contributed by atoms with E-state index in [1.807, 2.05) is 30.5 Å². The summed E-state index contributed by atoms with van der Waals surface area (Å²) >= 11 is 1.49. The molecule has 0 saturated heterocycles. The van der Waals surface area contributed by atoms with Crippen molar-refractivity contribution in [1.29, 1.82) is 5.26 Å². The van der Waals surface area contributed by atoms with Crippen LogP contribution in [0.3, 0.4) is 0 Å². The number of thiophene rings is 1. The van der Waals surface area contributed by atoms with Gasteiger partial charge < -0.3 is 10.4 Å². The Morgan fingerprint density at radius 2 is 2.24 bits per heavy atom. The molecule has 0 fully saturated rings. The van der Waals surface area contributed by atoms with Crippen molar-refractivity contribution in [2.75, 3.05) is 6.54 Å². The molecule has 2 N–H and O–H groups in total. The van der Waals surface area contributed by atoms with Gasteiger partial charge in [0.05, 0.1) is 11.6 Å². The Bertz CT molecular complexity index is 647. The number of benzene rings is 1. The van der Waals surface area contributed by atoms with Crippen LogP contribution in [0.25, 0.3) is 0 Å². The van der Waals surface area contributed by atoms with Gasteiger partial charge in [0.25, 0.3) is 0 Å². The monoisotopic (exact) mass is 304 g/mol. The van der Waals surface area contributed by atoms with Gasteiger partial charge in [-0.1, -0.05) is 12.1 Å². The molecule has 2 unspecified atom stereocenters. The highest BCUT2D eigenvalue weighted by Crippen LogP contribution is 2.26. The van der Waals surface area contributed by atoms with Gasteiger partial charge in [0.15, 0.2) is 0 Å². The van der Waals surface area contributed by atoms with Gasteiger partial charge in [0, 0.05) is 23.0 Å². The Morgan fingerprint density at radius 1 is 1.48 bits per heavy atom. The molecule has 0 aliphatic carbocycles. The first-order chi connectivity index (χ1) is 9.94. The van der Waals surface area contributed by atoms with Crippen molar-refractivity contribution >= 4 is 11.3 Å². The van der Waals surface area contributed by atoms with Gasteiger partial charge in [0.2, 0.25) is 0 Å². The zero-order valence-corrected chi connectivity index (χ0v) is 12.7. The maximum atomic E-state index is 13.9. The summed E-state index contributed by atoms with van der Waals surface area (Å²) in [4.78, 5) is 0.863. The molecule has 110 valence electrons. The van der Waals surface area contributed by atoms with E-state index in [9.17, 15) is 9.50 Å². The molecule has 2 atom stereocenters. The molecule has 0 spiro atoms. The molecule has 1 aromatic heterocycles. The molecular formula is C16H17FN2OS. The van der Waals surface area contributed by atoms with Crippen LogP contribution in [0.2, 0.25) is 0 Å². The maximum Gasteiger partial charge on any atom is 0.129 e. The quantitative estimate of drug-likeness (QED) is 0.891. The lowest BCUT2D eigenvalue weighted by Crippen LogP contribution is -2.36. The molecule has 3 nitrogen and oxygen atoms in total. The fourth-order valence-corrected chi connectivity index (χ4v) is 2.87. The first-order valence-electron chi connectivity index (χ1n) is 6.63. The minimum absolute atomic E-state index is 0.260. The lowest BCUT2D eigenvalue weighted by Gasteiger charge is -2.25. The second-order valence-corrected chi connectivity index (χ2v) is 6.15. The number of nitrogens with zero attached hydrogens (tertiary/aromatic N) is 1. The number of nitrogens with one attached hydrogen (secondary N) is 1. The van der Waals surface area contributed by atoms with Crippen molar-refractivity contribution in [3.8, 4) is 6.07 Å². The van der Waals surface area contributed by atoms with Crippen LogP contribution in [-0.4, -0.2) is 11.7 Å². The van der Waals surface area contributed by atoms with E-state index in [2.05, 4.69) is 5.32 Å². The standard InChI is InChI=1S/C16H17FN2OS/c1-11(13-6-5-12(9-18)8-14(13)17)19-10-16(2,20)15-4-3-7-21-15/h3-8,11,19-20H,10H2,1-2H3. The molecule has 0 saturated carbocycles. The van der Waals surface area contributed by atoms with Gasteiger partial charge in [-0.3, -0.25) is 0 Å². The zero-order valence-electron chi connectivity index (χ0n) is 11.9. The summed E-state index contributed by atoms with van der Waals surface area (Å²) in [5, 5.41) is 24.2. The fourth-order valence-electron chi connectivity index (χ4n) is 2.08. The predicted octanol–water partition coefficient (Wildman–Crippen LogP) is 3.32. The minimum atomic E-state index is -0.995. The Labute approximate surface area is 127 Å². The number of halogens is 1. The SMILES string of the molecule is CC(NCC(C)(O)c1cccs1)c1ccc(C#N)cc1F. The summed E-state index contributed by atoms with van der Waals surface area (Å²) < 4.78 is 13.9. The number of hydrogen-bond donors (Lipinski definition) is 2. The summed E-state index contributed by atoms with van der Waals surface area (Å²) in [5.41, 5.74) is -0.212. The van der Waals surface area contributed by atoms with E-state index >= 15 is 0 Å². The average Bonchev–Trinajstić information content (AvgIpc) is 2.99. The molecule has 0 aliphatic heterocycles. The van der Waals surface area contributed by atoms with Gasteiger partial charge in [-0.15, -0.1) is 11.3 Å². The van der Waals surface area contributed by atoms with E-state index < -0.39 is 11.4 Å². The number of rotatable bonds is 5. The van der Waals surface area contributed by atoms with Crippen molar-refractivity contribution < 1.29 is 9.50 Å². The highest BCUT2D eigenvalue weighted by molar-refractivity contribution is 7.10. The van der Waals surface area contributed by atoms with Crippen LogP contribution in [0.1, 0.15) is 35.9 Å². The highest BCUT2D eigenvalue weighted by Gasteiger charge is 2.25. The summed E-state index contributed by atoms with van der Waals surface area (Å²) in [7, 11) is 0. The number of hydrogen-bond acceptors (Lipinski definition) is 4. The maximum absolute atomic E-state index is 13.9. The van der Waals surface area contributed by atoms with Crippen LogP contribution in [0.4, 0.5) is 4.39 Å². The van der Waals surface area contributed by atoms with Crippen LogP contribution in [0.15, 0.2) is 35.7 Å². The van der Waals surface area contributed by atoms with Gasteiger partial charge >= 0.3 is 0 Å². The Kier molecular flexibility index (Phi) is 4.73. The Hall–Kier alpha value is -1.74. The lowest BCUT2D eigenvalue weighted by atomic mass is 10.0. The largest absolute Gasteiger partial charge is 0.383 e. The van der Waals surface area contributed by atoms with Crippen LogP contribution in [-0.2, 0) is 5.60 Å². The molecule has 5 heteroatoms. The molecular weight excluding hydrogens is 287 g/mol. The van der Waals surface area contributed by atoms with Crippen LogP contribution < -0.4 is 5.32 Å². The second-order valence-electron chi connectivity index (χ2n) is 5.20. The van der Waals surface area contributed by atoms with Crippen LogP contribution >= 0.6 is 11.3 Å². The van der Waals surface area contributed by atoms with E-state index in [0.717, 1.165) is 4.88 Å². The molecule has 0 bridgehead atoms. The molecule has 2 rings (SSSR count). The number of aliphatic hydroxyl groups is 1. The van der Waals surface area contributed by atoms with Crippen molar-refractivity contribution in [3.63, 3.8) is 0 Å². The molecule has 0 amide bonds. The second kappa shape index (κ2) is 6.35. The lowest BCUT2D eigenvalue weighted by molar-refractivity contribution is 0.0580. The van der Waals surface area contributed by atoms with E-state index in [-0.39, 0.29) is 6.04 Å².